The Morgan fingerprint density at radius 3 is 2.79 bits per heavy atom. The van der Waals surface area contributed by atoms with Crippen molar-refractivity contribution in [2.75, 3.05) is 6.54 Å². The molecule has 0 spiro atoms. The first kappa shape index (κ1) is 10.5. The average Bonchev–Trinajstić information content (AvgIpc) is 2.42. The Bertz CT molecular complexity index is 355. The van der Waals surface area contributed by atoms with Crippen LogP contribution in [-0.4, -0.2) is 33.3 Å². The molecule has 0 unspecified atom stereocenters. The number of aryl methyl sites for hydroxylation is 1. The zero-order chi connectivity index (χ0) is 10.7. The van der Waals surface area contributed by atoms with Crippen LogP contribution in [0.15, 0.2) is 6.20 Å². The standard InChI is InChI=1S/C7H8ClN3O3/c1-11-6(4(8)2-10-11)7(14)9-3-5(12)13/h2H,3H2,1H3,(H,9,14)(H,12,13). The van der Waals surface area contributed by atoms with E-state index in [2.05, 4.69) is 10.4 Å². The first-order chi connectivity index (χ1) is 6.52. The van der Waals surface area contributed by atoms with Crippen LogP contribution < -0.4 is 5.32 Å². The van der Waals surface area contributed by atoms with Crippen molar-refractivity contribution in [2.45, 2.75) is 0 Å². The average molecular weight is 218 g/mol. The molecule has 0 atom stereocenters. The smallest absolute Gasteiger partial charge is 0.322 e. The van der Waals surface area contributed by atoms with Gasteiger partial charge in [0.1, 0.15) is 12.2 Å². The van der Waals surface area contributed by atoms with Gasteiger partial charge in [-0.3, -0.25) is 14.3 Å². The number of rotatable bonds is 3. The second kappa shape index (κ2) is 4.10. The summed E-state index contributed by atoms with van der Waals surface area (Å²) in [5.74, 6) is -1.67. The fourth-order valence-corrected chi connectivity index (χ4v) is 1.16. The Balaban J connectivity index is 2.74. The van der Waals surface area contributed by atoms with Crippen molar-refractivity contribution in [3.8, 4) is 0 Å². The molecule has 0 saturated heterocycles. The van der Waals surface area contributed by atoms with Gasteiger partial charge in [0.25, 0.3) is 5.91 Å². The summed E-state index contributed by atoms with van der Waals surface area (Å²) in [6.07, 6.45) is 1.32. The molecule has 1 rings (SSSR count). The molecule has 2 N–H and O–H groups in total. The third-order valence-electron chi connectivity index (χ3n) is 1.51. The number of hydrogen-bond acceptors (Lipinski definition) is 3. The van der Waals surface area contributed by atoms with Gasteiger partial charge in [0.05, 0.1) is 11.2 Å². The van der Waals surface area contributed by atoms with E-state index < -0.39 is 18.4 Å². The summed E-state index contributed by atoms with van der Waals surface area (Å²) < 4.78 is 1.28. The van der Waals surface area contributed by atoms with Crippen LogP contribution in [-0.2, 0) is 11.8 Å². The lowest BCUT2D eigenvalue weighted by Gasteiger charge is -2.02. The summed E-state index contributed by atoms with van der Waals surface area (Å²) in [6.45, 7) is -0.444. The molecule has 0 radical (unpaired) electrons. The molecule has 0 aromatic carbocycles. The number of carbonyl (C=O) groups is 2. The van der Waals surface area contributed by atoms with Gasteiger partial charge in [0, 0.05) is 7.05 Å². The first-order valence-corrected chi connectivity index (χ1v) is 4.07. The van der Waals surface area contributed by atoms with Gasteiger partial charge in [-0.2, -0.15) is 5.10 Å². The minimum atomic E-state index is -1.11. The SMILES string of the molecule is Cn1ncc(Cl)c1C(=O)NCC(=O)O. The minimum Gasteiger partial charge on any atom is -0.480 e. The van der Waals surface area contributed by atoms with Gasteiger partial charge < -0.3 is 10.4 Å². The number of halogens is 1. The third-order valence-corrected chi connectivity index (χ3v) is 1.79. The zero-order valence-electron chi connectivity index (χ0n) is 7.32. The fraction of sp³-hybridized carbons (Fsp3) is 0.286. The Morgan fingerprint density at radius 1 is 1.71 bits per heavy atom. The van der Waals surface area contributed by atoms with Gasteiger partial charge in [-0.05, 0) is 0 Å². The van der Waals surface area contributed by atoms with Crippen LogP contribution >= 0.6 is 11.6 Å². The molecule has 6 nitrogen and oxygen atoms in total. The van der Waals surface area contributed by atoms with Crippen LogP contribution in [0.5, 0.6) is 0 Å². The maximum absolute atomic E-state index is 11.3. The monoisotopic (exact) mass is 217 g/mol. The Morgan fingerprint density at radius 2 is 2.36 bits per heavy atom. The third kappa shape index (κ3) is 2.23. The molecule has 0 aliphatic rings. The van der Waals surface area contributed by atoms with E-state index in [1.165, 1.54) is 10.9 Å². The largest absolute Gasteiger partial charge is 0.480 e. The number of aliphatic carboxylic acids is 1. The van der Waals surface area contributed by atoms with Crippen molar-refractivity contribution in [3.05, 3.63) is 16.9 Å². The van der Waals surface area contributed by atoms with E-state index in [-0.39, 0.29) is 10.7 Å². The van der Waals surface area contributed by atoms with Crippen LogP contribution in [0.2, 0.25) is 5.02 Å². The molecule has 1 aromatic rings. The van der Waals surface area contributed by atoms with Crippen molar-refractivity contribution >= 4 is 23.5 Å². The first-order valence-electron chi connectivity index (χ1n) is 3.70. The molecule has 0 bridgehead atoms. The molecule has 0 aliphatic heterocycles. The molecular weight excluding hydrogens is 210 g/mol. The molecule has 7 heteroatoms. The lowest BCUT2D eigenvalue weighted by molar-refractivity contribution is -0.135. The molecule has 14 heavy (non-hydrogen) atoms. The Hall–Kier alpha value is -1.56. The van der Waals surface area contributed by atoms with Crippen molar-refractivity contribution in [1.29, 1.82) is 0 Å². The molecule has 0 saturated carbocycles. The van der Waals surface area contributed by atoms with Crippen LogP contribution in [0.1, 0.15) is 10.5 Å². The van der Waals surface area contributed by atoms with E-state index in [9.17, 15) is 9.59 Å². The summed E-state index contributed by atoms with van der Waals surface area (Å²) in [4.78, 5) is 21.5. The van der Waals surface area contributed by atoms with E-state index >= 15 is 0 Å². The molecule has 76 valence electrons. The molecule has 0 aliphatic carbocycles. The van der Waals surface area contributed by atoms with Crippen LogP contribution in [0, 0.1) is 0 Å². The van der Waals surface area contributed by atoms with Crippen molar-refractivity contribution in [1.82, 2.24) is 15.1 Å². The van der Waals surface area contributed by atoms with E-state index in [0.29, 0.717) is 0 Å². The molecular formula is C7H8ClN3O3. The van der Waals surface area contributed by atoms with Gasteiger partial charge in [0.15, 0.2) is 0 Å². The van der Waals surface area contributed by atoms with Crippen molar-refractivity contribution in [2.24, 2.45) is 7.05 Å². The summed E-state index contributed by atoms with van der Waals surface area (Å²) in [5, 5.41) is 14.4. The number of amides is 1. The maximum atomic E-state index is 11.3. The maximum Gasteiger partial charge on any atom is 0.322 e. The van der Waals surface area contributed by atoms with Gasteiger partial charge in [-0.15, -0.1) is 0 Å². The molecule has 1 amide bonds. The molecule has 1 aromatic heterocycles. The number of carboxylic acids is 1. The lowest BCUT2D eigenvalue weighted by Crippen LogP contribution is -2.30. The number of hydrogen-bond donors (Lipinski definition) is 2. The fourth-order valence-electron chi connectivity index (χ4n) is 0.906. The predicted molar refractivity (Wildman–Crippen MR) is 48.2 cm³/mol. The summed E-state index contributed by atoms with van der Waals surface area (Å²) >= 11 is 5.66. The zero-order valence-corrected chi connectivity index (χ0v) is 8.08. The highest BCUT2D eigenvalue weighted by molar-refractivity contribution is 6.33. The van der Waals surface area contributed by atoms with Crippen LogP contribution in [0.25, 0.3) is 0 Å². The topological polar surface area (TPSA) is 84.2 Å². The number of aromatic nitrogens is 2. The quantitative estimate of drug-likeness (QED) is 0.740. The lowest BCUT2D eigenvalue weighted by atomic mass is 10.4. The highest BCUT2D eigenvalue weighted by atomic mass is 35.5. The molecule has 0 fully saturated rings. The highest BCUT2D eigenvalue weighted by Crippen LogP contribution is 2.13. The summed E-state index contributed by atoms with van der Waals surface area (Å²) in [6, 6.07) is 0. The number of carbonyl (C=O) groups excluding carboxylic acids is 1. The van der Waals surface area contributed by atoms with Gasteiger partial charge in [-0.25, -0.2) is 0 Å². The van der Waals surface area contributed by atoms with E-state index in [4.69, 9.17) is 16.7 Å². The molecule has 1 heterocycles. The van der Waals surface area contributed by atoms with Crippen LogP contribution in [0.3, 0.4) is 0 Å². The predicted octanol–water partition coefficient (Wildman–Crippen LogP) is -0.112. The Labute approximate surface area is 84.5 Å². The summed E-state index contributed by atoms with van der Waals surface area (Å²) in [7, 11) is 1.54. The van der Waals surface area contributed by atoms with E-state index in [1.54, 1.807) is 7.05 Å². The van der Waals surface area contributed by atoms with Crippen LogP contribution in [0.4, 0.5) is 0 Å². The summed E-state index contributed by atoms with van der Waals surface area (Å²) in [5.41, 5.74) is 0.146. The second-order valence-electron chi connectivity index (χ2n) is 2.54. The highest BCUT2D eigenvalue weighted by Gasteiger charge is 2.15. The van der Waals surface area contributed by atoms with Gasteiger partial charge >= 0.3 is 5.97 Å². The van der Waals surface area contributed by atoms with E-state index in [1.807, 2.05) is 0 Å². The van der Waals surface area contributed by atoms with Gasteiger partial charge in [0.2, 0.25) is 0 Å². The van der Waals surface area contributed by atoms with Gasteiger partial charge in [-0.1, -0.05) is 11.6 Å². The van der Waals surface area contributed by atoms with Crippen molar-refractivity contribution in [3.63, 3.8) is 0 Å². The number of nitrogens with zero attached hydrogens (tertiary/aromatic N) is 2. The Kier molecular flexibility index (Phi) is 3.08. The number of nitrogens with one attached hydrogen (secondary N) is 1. The number of carboxylic acid groups (broad SMARTS) is 1. The minimum absolute atomic E-state index is 0.146. The normalized spacial score (nSPS) is 9.86. The van der Waals surface area contributed by atoms with E-state index in [0.717, 1.165) is 0 Å². The van der Waals surface area contributed by atoms with Crippen molar-refractivity contribution < 1.29 is 14.7 Å². The second-order valence-corrected chi connectivity index (χ2v) is 2.95.